The van der Waals surface area contributed by atoms with Crippen LogP contribution in [-0.2, 0) is 13.1 Å². The summed E-state index contributed by atoms with van der Waals surface area (Å²) in [5.41, 5.74) is 2.38. The van der Waals surface area contributed by atoms with Crippen molar-refractivity contribution in [3.8, 4) is 5.75 Å². The molecule has 0 aliphatic carbocycles. The van der Waals surface area contributed by atoms with Crippen LogP contribution in [0.4, 0.5) is 0 Å². The van der Waals surface area contributed by atoms with Gasteiger partial charge in [0.15, 0.2) is 0 Å². The Morgan fingerprint density at radius 3 is 2.61 bits per heavy atom. The summed E-state index contributed by atoms with van der Waals surface area (Å²) in [5, 5.41) is 0.686. The number of amides is 1. The quantitative estimate of drug-likeness (QED) is 0.373. The van der Waals surface area contributed by atoms with Crippen LogP contribution in [0.1, 0.15) is 22.7 Å². The highest BCUT2D eigenvalue weighted by atomic mass is 35.5. The van der Waals surface area contributed by atoms with Crippen LogP contribution < -0.4 is 4.74 Å². The summed E-state index contributed by atoms with van der Waals surface area (Å²) in [5.74, 6) is 1.49. The minimum absolute atomic E-state index is 0.134. The first-order valence-corrected chi connectivity index (χ1v) is 10.5. The molecule has 0 unspecified atom stereocenters. The van der Waals surface area contributed by atoms with Crippen molar-refractivity contribution >= 4 is 28.5 Å². The Balaban J connectivity index is 1.46. The summed E-state index contributed by atoms with van der Waals surface area (Å²) >= 11 is 5.92. The number of carbonyl (C=O) groups excluding carboxylic acids is 1. The number of halogens is 1. The summed E-state index contributed by atoms with van der Waals surface area (Å²) in [7, 11) is 1.77. The molecule has 2 aromatic heterocycles. The highest BCUT2D eigenvalue weighted by Gasteiger charge is 2.17. The number of nitrogens with zero attached hydrogens (tertiary/aromatic N) is 4. The zero-order valence-electron chi connectivity index (χ0n) is 17.2. The molecule has 0 radical (unpaired) electrons. The van der Waals surface area contributed by atoms with E-state index >= 15 is 0 Å². The molecule has 4 rings (SSSR count). The molecule has 0 N–H and O–H groups in total. The Morgan fingerprint density at radius 1 is 1.06 bits per heavy atom. The Kier molecular flexibility index (Phi) is 6.48. The molecule has 2 heterocycles. The van der Waals surface area contributed by atoms with Gasteiger partial charge in [0, 0.05) is 24.8 Å². The number of carbonyl (C=O) groups is 1. The predicted octanol–water partition coefficient (Wildman–Crippen LogP) is 4.83. The Labute approximate surface area is 186 Å². The van der Waals surface area contributed by atoms with Crippen molar-refractivity contribution in [1.82, 2.24) is 19.4 Å². The maximum atomic E-state index is 12.7. The van der Waals surface area contributed by atoms with Crippen LogP contribution in [0.2, 0.25) is 5.02 Å². The van der Waals surface area contributed by atoms with E-state index in [4.69, 9.17) is 21.3 Å². The summed E-state index contributed by atoms with van der Waals surface area (Å²) in [6, 6.07) is 20.7. The van der Waals surface area contributed by atoms with E-state index in [1.54, 1.807) is 30.3 Å². The smallest absolute Gasteiger partial charge is 0.272 e. The van der Waals surface area contributed by atoms with E-state index in [0.717, 1.165) is 35.6 Å². The van der Waals surface area contributed by atoms with E-state index in [1.807, 2.05) is 54.6 Å². The van der Waals surface area contributed by atoms with Gasteiger partial charge in [-0.15, -0.1) is 0 Å². The van der Waals surface area contributed by atoms with Crippen LogP contribution in [0.15, 0.2) is 72.9 Å². The second-order valence-corrected chi connectivity index (χ2v) is 7.64. The molecule has 0 saturated carbocycles. The van der Waals surface area contributed by atoms with Crippen molar-refractivity contribution in [3.63, 3.8) is 0 Å². The first-order valence-electron chi connectivity index (χ1n) is 10.1. The van der Waals surface area contributed by atoms with Gasteiger partial charge in [-0.1, -0.05) is 29.8 Å². The molecule has 2 aromatic carbocycles. The van der Waals surface area contributed by atoms with E-state index in [2.05, 4.69) is 9.55 Å². The van der Waals surface area contributed by atoms with Gasteiger partial charge in [-0.25, -0.2) is 4.98 Å². The lowest BCUT2D eigenvalue weighted by Gasteiger charge is -2.18. The third-order valence-corrected chi connectivity index (χ3v) is 5.20. The molecular formula is C24H23ClN4O2. The standard InChI is InChI=1S/C24H23ClN4O2/c1-28(24(30)21-8-4-5-14-26-21)17-23-27-20-7-2-3-9-22(20)29(23)15-6-16-31-19-12-10-18(25)11-13-19/h2-5,7-14H,6,15-17H2,1H3. The molecule has 4 aromatic rings. The molecule has 31 heavy (non-hydrogen) atoms. The van der Waals surface area contributed by atoms with Crippen molar-refractivity contribution in [1.29, 1.82) is 0 Å². The molecule has 0 fully saturated rings. The third kappa shape index (κ3) is 5.03. The van der Waals surface area contributed by atoms with Crippen LogP contribution >= 0.6 is 11.6 Å². The Bertz CT molecular complexity index is 1160. The zero-order chi connectivity index (χ0) is 21.6. The third-order valence-electron chi connectivity index (χ3n) is 4.95. The summed E-state index contributed by atoms with van der Waals surface area (Å²) in [4.78, 5) is 23.3. The van der Waals surface area contributed by atoms with Gasteiger partial charge in [0.25, 0.3) is 5.91 Å². The fraction of sp³-hybridized carbons (Fsp3) is 0.208. The predicted molar refractivity (Wildman–Crippen MR) is 121 cm³/mol. The highest BCUT2D eigenvalue weighted by molar-refractivity contribution is 6.30. The van der Waals surface area contributed by atoms with Crippen molar-refractivity contribution in [3.05, 3.63) is 89.5 Å². The lowest BCUT2D eigenvalue weighted by Crippen LogP contribution is -2.28. The van der Waals surface area contributed by atoms with Gasteiger partial charge in [-0.05, 0) is 55.0 Å². The molecule has 0 aliphatic rings. The van der Waals surface area contributed by atoms with Crippen molar-refractivity contribution in [2.24, 2.45) is 0 Å². The Morgan fingerprint density at radius 2 is 1.84 bits per heavy atom. The molecule has 7 heteroatoms. The fourth-order valence-electron chi connectivity index (χ4n) is 3.41. The van der Waals surface area contributed by atoms with E-state index in [0.29, 0.717) is 23.9 Å². The molecule has 6 nitrogen and oxygen atoms in total. The number of fused-ring (bicyclic) bond motifs is 1. The average molecular weight is 435 g/mol. The van der Waals surface area contributed by atoms with Crippen molar-refractivity contribution in [2.75, 3.05) is 13.7 Å². The largest absolute Gasteiger partial charge is 0.494 e. The molecule has 0 spiro atoms. The number of ether oxygens (including phenoxy) is 1. The molecule has 0 bridgehead atoms. The van der Waals surface area contributed by atoms with Crippen molar-refractivity contribution in [2.45, 2.75) is 19.5 Å². The number of aryl methyl sites for hydroxylation is 1. The van der Waals surface area contributed by atoms with Crippen LogP contribution in [0, 0.1) is 0 Å². The van der Waals surface area contributed by atoms with Gasteiger partial charge in [-0.2, -0.15) is 0 Å². The number of para-hydroxylation sites is 2. The van der Waals surface area contributed by atoms with E-state index in [1.165, 1.54) is 0 Å². The molecule has 0 atom stereocenters. The van der Waals surface area contributed by atoms with Gasteiger partial charge in [0.2, 0.25) is 0 Å². The molecule has 1 amide bonds. The van der Waals surface area contributed by atoms with E-state index in [-0.39, 0.29) is 5.91 Å². The molecular weight excluding hydrogens is 412 g/mol. The first kappa shape index (κ1) is 20.9. The first-order chi connectivity index (χ1) is 15.1. The zero-order valence-corrected chi connectivity index (χ0v) is 18.0. The lowest BCUT2D eigenvalue weighted by molar-refractivity contribution is 0.0774. The normalized spacial score (nSPS) is 10.9. The van der Waals surface area contributed by atoms with Crippen LogP contribution in [0.25, 0.3) is 11.0 Å². The topological polar surface area (TPSA) is 60.2 Å². The molecule has 0 aliphatic heterocycles. The highest BCUT2D eigenvalue weighted by Crippen LogP contribution is 2.19. The molecule has 158 valence electrons. The number of hydrogen-bond acceptors (Lipinski definition) is 4. The number of aromatic nitrogens is 3. The average Bonchev–Trinajstić information content (AvgIpc) is 3.15. The van der Waals surface area contributed by atoms with Gasteiger partial charge < -0.3 is 14.2 Å². The minimum atomic E-state index is -0.134. The number of pyridine rings is 1. The number of rotatable bonds is 8. The fourth-order valence-corrected chi connectivity index (χ4v) is 3.53. The molecule has 0 saturated heterocycles. The maximum Gasteiger partial charge on any atom is 0.272 e. The summed E-state index contributed by atoms with van der Waals surface area (Å²) in [6.07, 6.45) is 2.42. The van der Waals surface area contributed by atoms with Gasteiger partial charge in [-0.3, -0.25) is 9.78 Å². The SMILES string of the molecule is CN(Cc1nc2ccccc2n1CCCOc1ccc(Cl)cc1)C(=O)c1ccccn1. The second kappa shape index (κ2) is 9.62. The summed E-state index contributed by atoms with van der Waals surface area (Å²) in [6.45, 7) is 1.69. The maximum absolute atomic E-state index is 12.7. The van der Waals surface area contributed by atoms with Crippen LogP contribution in [0.3, 0.4) is 0 Å². The Hall–Kier alpha value is -3.38. The van der Waals surface area contributed by atoms with Gasteiger partial charge in [0.05, 0.1) is 24.2 Å². The number of imidazole rings is 1. The lowest BCUT2D eigenvalue weighted by atomic mass is 10.3. The van der Waals surface area contributed by atoms with Gasteiger partial charge >= 0.3 is 0 Å². The van der Waals surface area contributed by atoms with E-state index in [9.17, 15) is 4.79 Å². The van der Waals surface area contributed by atoms with Crippen molar-refractivity contribution < 1.29 is 9.53 Å². The number of hydrogen-bond donors (Lipinski definition) is 0. The van der Waals surface area contributed by atoms with E-state index < -0.39 is 0 Å². The van der Waals surface area contributed by atoms with Crippen LogP contribution in [0.5, 0.6) is 5.75 Å². The minimum Gasteiger partial charge on any atom is -0.494 e. The van der Waals surface area contributed by atoms with Crippen LogP contribution in [-0.4, -0.2) is 39.0 Å². The second-order valence-electron chi connectivity index (χ2n) is 7.20. The number of benzene rings is 2. The monoisotopic (exact) mass is 434 g/mol. The van der Waals surface area contributed by atoms with Gasteiger partial charge in [0.1, 0.15) is 17.3 Å². The summed E-state index contributed by atoms with van der Waals surface area (Å²) < 4.78 is 7.98.